The molecule has 0 spiro atoms. The van der Waals surface area contributed by atoms with Crippen LogP contribution in [0, 0.1) is 5.82 Å². The first-order valence-electron chi connectivity index (χ1n) is 12.1. The molecule has 7 heteroatoms. The standard InChI is InChI=1S/C27H23F3N2O2.C2H6/c28-22-7-5-18(6-8-22)24-15-20(13-21-14-23(16-31)34-25(21)24)17-1-3-19(4-2-17)26(33)32-11-9-27(29,30)10-12-32;1-2/h1-8,13-15H,9-12,16,31H2;1-2H3. The highest BCUT2D eigenvalue weighted by molar-refractivity contribution is 5.98. The molecule has 4 aromatic rings. The maximum atomic E-state index is 13.5. The van der Waals surface area contributed by atoms with Gasteiger partial charge in [0.25, 0.3) is 11.8 Å². The number of halogens is 3. The number of piperidine rings is 1. The molecule has 36 heavy (non-hydrogen) atoms. The van der Waals surface area contributed by atoms with E-state index in [1.165, 1.54) is 17.0 Å². The second-order valence-electron chi connectivity index (χ2n) is 8.59. The van der Waals surface area contributed by atoms with Gasteiger partial charge in [0.2, 0.25) is 0 Å². The number of hydrogen-bond donors (Lipinski definition) is 1. The molecule has 0 unspecified atom stereocenters. The molecule has 1 saturated heterocycles. The number of hydrogen-bond acceptors (Lipinski definition) is 3. The predicted molar refractivity (Wildman–Crippen MR) is 136 cm³/mol. The van der Waals surface area contributed by atoms with Gasteiger partial charge in [0.1, 0.15) is 17.2 Å². The van der Waals surface area contributed by atoms with E-state index in [9.17, 15) is 18.0 Å². The lowest BCUT2D eigenvalue weighted by atomic mass is 9.96. The largest absolute Gasteiger partial charge is 0.459 e. The molecule has 1 aromatic heterocycles. The monoisotopic (exact) mass is 494 g/mol. The van der Waals surface area contributed by atoms with Crippen molar-refractivity contribution >= 4 is 16.9 Å². The molecular weight excluding hydrogens is 465 g/mol. The Hall–Kier alpha value is -3.58. The molecule has 1 aliphatic rings. The van der Waals surface area contributed by atoms with Crippen molar-refractivity contribution in [1.82, 2.24) is 4.90 Å². The molecule has 2 heterocycles. The zero-order chi connectivity index (χ0) is 25.9. The summed E-state index contributed by atoms with van der Waals surface area (Å²) in [6.45, 7) is 4.36. The van der Waals surface area contributed by atoms with Gasteiger partial charge in [-0.2, -0.15) is 0 Å². The highest BCUT2D eigenvalue weighted by Gasteiger charge is 2.35. The van der Waals surface area contributed by atoms with Crippen LogP contribution in [0.25, 0.3) is 33.2 Å². The lowest BCUT2D eigenvalue weighted by molar-refractivity contribution is -0.0494. The minimum Gasteiger partial charge on any atom is -0.459 e. The average molecular weight is 495 g/mol. The number of rotatable bonds is 4. The molecule has 1 aliphatic heterocycles. The zero-order valence-corrected chi connectivity index (χ0v) is 20.4. The van der Waals surface area contributed by atoms with Crippen LogP contribution in [0.5, 0.6) is 0 Å². The summed E-state index contributed by atoms with van der Waals surface area (Å²) in [6, 6.07) is 19.1. The fraction of sp³-hybridized carbons (Fsp3) is 0.276. The molecule has 2 N–H and O–H groups in total. The van der Waals surface area contributed by atoms with Gasteiger partial charge in [-0.05, 0) is 59.2 Å². The Kier molecular flexibility index (Phi) is 7.50. The first-order valence-corrected chi connectivity index (χ1v) is 12.1. The lowest BCUT2D eigenvalue weighted by Gasteiger charge is -2.31. The van der Waals surface area contributed by atoms with Crippen LogP contribution in [-0.2, 0) is 6.54 Å². The Morgan fingerprint density at radius 2 is 1.53 bits per heavy atom. The fourth-order valence-electron chi connectivity index (χ4n) is 4.34. The van der Waals surface area contributed by atoms with Crippen LogP contribution in [0.1, 0.15) is 42.8 Å². The van der Waals surface area contributed by atoms with Crippen molar-refractivity contribution < 1.29 is 22.4 Å². The van der Waals surface area contributed by atoms with Crippen LogP contribution in [0.15, 0.2) is 71.1 Å². The molecule has 0 radical (unpaired) electrons. The summed E-state index contributed by atoms with van der Waals surface area (Å²) < 4.78 is 46.3. The number of carbonyl (C=O) groups is 1. The Bertz CT molecular complexity index is 1340. The second-order valence-corrected chi connectivity index (χ2v) is 8.59. The quantitative estimate of drug-likeness (QED) is 0.325. The molecule has 1 amide bonds. The highest BCUT2D eigenvalue weighted by atomic mass is 19.3. The summed E-state index contributed by atoms with van der Waals surface area (Å²) >= 11 is 0. The lowest BCUT2D eigenvalue weighted by Crippen LogP contribution is -2.42. The van der Waals surface area contributed by atoms with E-state index in [0.717, 1.165) is 27.6 Å². The van der Waals surface area contributed by atoms with Crippen LogP contribution < -0.4 is 5.73 Å². The van der Waals surface area contributed by atoms with Gasteiger partial charge in [0, 0.05) is 42.4 Å². The molecular formula is C29H29F3N2O2. The number of furan rings is 1. The fourth-order valence-corrected chi connectivity index (χ4v) is 4.34. The van der Waals surface area contributed by atoms with E-state index >= 15 is 0 Å². The van der Waals surface area contributed by atoms with Gasteiger partial charge in [-0.3, -0.25) is 4.79 Å². The van der Waals surface area contributed by atoms with Crippen molar-refractivity contribution in [3.8, 4) is 22.3 Å². The van der Waals surface area contributed by atoms with E-state index in [1.807, 2.05) is 44.2 Å². The summed E-state index contributed by atoms with van der Waals surface area (Å²) in [5.74, 6) is -2.62. The summed E-state index contributed by atoms with van der Waals surface area (Å²) in [4.78, 5) is 14.2. The van der Waals surface area contributed by atoms with Gasteiger partial charge in [-0.1, -0.05) is 38.1 Å². The zero-order valence-electron chi connectivity index (χ0n) is 20.4. The summed E-state index contributed by atoms with van der Waals surface area (Å²) in [6.07, 6.45) is -0.614. The number of likely N-dealkylation sites (tertiary alicyclic amines) is 1. The molecule has 188 valence electrons. The van der Waals surface area contributed by atoms with Gasteiger partial charge < -0.3 is 15.1 Å². The van der Waals surface area contributed by atoms with Crippen LogP contribution in [0.3, 0.4) is 0 Å². The van der Waals surface area contributed by atoms with E-state index in [2.05, 4.69) is 0 Å². The van der Waals surface area contributed by atoms with Crippen LogP contribution in [0.2, 0.25) is 0 Å². The van der Waals surface area contributed by atoms with Gasteiger partial charge in [0.05, 0.1) is 6.54 Å². The Labute approximate surface area is 208 Å². The summed E-state index contributed by atoms with van der Waals surface area (Å²) in [7, 11) is 0. The maximum absolute atomic E-state index is 13.5. The van der Waals surface area contributed by atoms with Crippen LogP contribution in [0.4, 0.5) is 13.2 Å². The molecule has 3 aromatic carbocycles. The van der Waals surface area contributed by atoms with Crippen molar-refractivity contribution in [2.24, 2.45) is 5.73 Å². The number of nitrogens with two attached hydrogens (primary N) is 1. The minimum atomic E-state index is -2.70. The Morgan fingerprint density at radius 3 is 2.14 bits per heavy atom. The number of fused-ring (bicyclic) bond motifs is 1. The van der Waals surface area contributed by atoms with Gasteiger partial charge >= 0.3 is 0 Å². The molecule has 0 aliphatic carbocycles. The van der Waals surface area contributed by atoms with E-state index in [1.54, 1.807) is 24.3 Å². The predicted octanol–water partition coefficient (Wildman–Crippen LogP) is 7.26. The van der Waals surface area contributed by atoms with E-state index in [0.29, 0.717) is 16.9 Å². The van der Waals surface area contributed by atoms with E-state index in [4.69, 9.17) is 10.2 Å². The third kappa shape index (κ3) is 5.31. The van der Waals surface area contributed by atoms with Crippen molar-refractivity contribution in [1.29, 1.82) is 0 Å². The van der Waals surface area contributed by atoms with Crippen LogP contribution in [-0.4, -0.2) is 29.8 Å². The first kappa shape index (κ1) is 25.5. The molecule has 0 saturated carbocycles. The highest BCUT2D eigenvalue weighted by Crippen LogP contribution is 2.36. The molecule has 4 nitrogen and oxygen atoms in total. The van der Waals surface area contributed by atoms with E-state index < -0.39 is 5.92 Å². The van der Waals surface area contributed by atoms with E-state index in [-0.39, 0.29) is 44.2 Å². The molecule has 0 bridgehead atoms. The van der Waals surface area contributed by atoms with Crippen molar-refractivity contribution in [2.75, 3.05) is 13.1 Å². The normalized spacial score (nSPS) is 14.9. The van der Waals surface area contributed by atoms with Gasteiger partial charge in [-0.15, -0.1) is 0 Å². The first-order chi connectivity index (χ1) is 17.3. The van der Waals surface area contributed by atoms with Gasteiger partial charge in [0.15, 0.2) is 0 Å². The number of benzene rings is 3. The minimum absolute atomic E-state index is 0.0508. The Balaban J connectivity index is 0.00000148. The number of carbonyl (C=O) groups excluding carboxylic acids is 1. The summed E-state index contributed by atoms with van der Waals surface area (Å²) in [5.41, 5.74) is 10.3. The molecule has 5 rings (SSSR count). The average Bonchev–Trinajstić information content (AvgIpc) is 3.33. The number of alkyl halides is 2. The third-order valence-electron chi connectivity index (χ3n) is 6.27. The maximum Gasteiger partial charge on any atom is 0.253 e. The van der Waals surface area contributed by atoms with Crippen molar-refractivity contribution in [3.63, 3.8) is 0 Å². The summed E-state index contributed by atoms with van der Waals surface area (Å²) in [5, 5.41) is 0.867. The van der Waals surface area contributed by atoms with Crippen molar-refractivity contribution in [2.45, 2.75) is 39.2 Å². The second kappa shape index (κ2) is 10.6. The SMILES string of the molecule is CC.NCc1cc2cc(-c3ccc(C(=O)N4CCC(F)(F)CC4)cc3)cc(-c3ccc(F)cc3)c2o1. The number of nitrogens with zero attached hydrogens (tertiary/aromatic N) is 1. The van der Waals surface area contributed by atoms with Crippen molar-refractivity contribution in [3.05, 3.63) is 83.9 Å². The van der Waals surface area contributed by atoms with Gasteiger partial charge in [-0.25, -0.2) is 13.2 Å². The molecule has 0 atom stereocenters. The topological polar surface area (TPSA) is 59.5 Å². The van der Waals surface area contributed by atoms with Crippen LogP contribution >= 0.6 is 0 Å². The third-order valence-corrected chi connectivity index (χ3v) is 6.27. The smallest absolute Gasteiger partial charge is 0.253 e. The molecule has 1 fully saturated rings. The Morgan fingerprint density at radius 1 is 0.917 bits per heavy atom. The number of amides is 1.